The third-order valence-electron chi connectivity index (χ3n) is 4.12. The first-order valence-corrected chi connectivity index (χ1v) is 9.26. The lowest BCUT2D eigenvalue weighted by atomic mass is 10.1. The van der Waals surface area contributed by atoms with E-state index in [9.17, 15) is 0 Å². The summed E-state index contributed by atoms with van der Waals surface area (Å²) < 4.78 is 0. The van der Waals surface area contributed by atoms with E-state index in [1.165, 1.54) is 10.4 Å². The minimum absolute atomic E-state index is 0.618. The molecule has 0 saturated carbocycles. The van der Waals surface area contributed by atoms with Gasteiger partial charge in [-0.15, -0.1) is 11.3 Å². The minimum atomic E-state index is 0.618. The Labute approximate surface area is 150 Å². The Bertz CT molecular complexity index is 653. The lowest BCUT2D eigenvalue weighted by Gasteiger charge is -2.34. The minimum Gasteiger partial charge on any atom is -0.375 e. The summed E-state index contributed by atoms with van der Waals surface area (Å²) in [6, 6.07) is 5.89. The monoisotopic (exact) mass is 370 g/mol. The Kier molecular flexibility index (Phi) is 5.77. The highest BCUT2D eigenvalue weighted by atomic mass is 35.5. The van der Waals surface area contributed by atoms with Crippen molar-refractivity contribution in [3.05, 3.63) is 44.9 Å². The largest absolute Gasteiger partial charge is 0.375 e. The number of piperazine rings is 1. The Balaban J connectivity index is 1.43. The van der Waals surface area contributed by atoms with Crippen molar-refractivity contribution in [2.75, 3.05) is 38.5 Å². The van der Waals surface area contributed by atoms with E-state index in [4.69, 9.17) is 28.9 Å². The number of nitrogens with two attached hydrogens (primary N) is 1. The molecule has 7 heteroatoms. The molecule has 1 aromatic heterocycles. The van der Waals surface area contributed by atoms with Crippen LogP contribution in [0.3, 0.4) is 0 Å². The van der Waals surface area contributed by atoms with Crippen LogP contribution in [0.25, 0.3) is 0 Å². The van der Waals surface area contributed by atoms with Gasteiger partial charge in [-0.05, 0) is 24.1 Å². The molecule has 1 fully saturated rings. The number of nitrogen functional groups attached to an aromatic ring is 1. The number of aromatic nitrogens is 1. The van der Waals surface area contributed by atoms with Crippen LogP contribution in [0, 0.1) is 0 Å². The first-order chi connectivity index (χ1) is 11.1. The molecule has 0 amide bonds. The second-order valence-electron chi connectivity index (χ2n) is 5.78. The SMILES string of the molecule is Nc1ncc(CN2CCN(CCc3ccc(Cl)c(Cl)c3)CC2)s1. The molecule has 23 heavy (non-hydrogen) atoms. The van der Waals surface area contributed by atoms with E-state index < -0.39 is 0 Å². The fourth-order valence-corrected chi connectivity index (χ4v) is 3.82. The van der Waals surface area contributed by atoms with E-state index in [2.05, 4.69) is 20.9 Å². The molecule has 3 rings (SSSR count). The molecule has 124 valence electrons. The van der Waals surface area contributed by atoms with Crippen LogP contribution in [0.4, 0.5) is 5.13 Å². The average molecular weight is 371 g/mol. The predicted octanol–water partition coefficient (Wildman–Crippen LogP) is 3.39. The predicted molar refractivity (Wildman–Crippen MR) is 98.4 cm³/mol. The van der Waals surface area contributed by atoms with E-state index in [0.29, 0.717) is 15.2 Å². The Morgan fingerprint density at radius 2 is 1.83 bits per heavy atom. The van der Waals surface area contributed by atoms with E-state index in [1.807, 2.05) is 18.3 Å². The summed E-state index contributed by atoms with van der Waals surface area (Å²) in [5.41, 5.74) is 6.92. The zero-order valence-corrected chi connectivity index (χ0v) is 15.2. The molecular formula is C16H20Cl2N4S. The lowest BCUT2D eigenvalue weighted by molar-refractivity contribution is 0.129. The van der Waals surface area contributed by atoms with Crippen LogP contribution < -0.4 is 5.73 Å². The van der Waals surface area contributed by atoms with Gasteiger partial charge in [0.25, 0.3) is 0 Å². The molecule has 0 bridgehead atoms. The summed E-state index contributed by atoms with van der Waals surface area (Å²) in [4.78, 5) is 10.3. The number of halogens is 2. The summed E-state index contributed by atoms with van der Waals surface area (Å²) in [6.45, 7) is 6.36. The molecular weight excluding hydrogens is 351 g/mol. The molecule has 1 aliphatic rings. The van der Waals surface area contributed by atoms with Crippen LogP contribution >= 0.6 is 34.5 Å². The molecule has 1 aliphatic heterocycles. The number of hydrogen-bond acceptors (Lipinski definition) is 5. The fourth-order valence-electron chi connectivity index (χ4n) is 2.77. The van der Waals surface area contributed by atoms with Gasteiger partial charge in [0.15, 0.2) is 5.13 Å². The maximum Gasteiger partial charge on any atom is 0.180 e. The molecule has 2 N–H and O–H groups in total. The van der Waals surface area contributed by atoms with Crippen molar-refractivity contribution < 1.29 is 0 Å². The number of thiazole rings is 1. The summed E-state index contributed by atoms with van der Waals surface area (Å²) in [7, 11) is 0. The maximum atomic E-state index is 6.07. The van der Waals surface area contributed by atoms with Crippen molar-refractivity contribution in [3.63, 3.8) is 0 Å². The summed E-state index contributed by atoms with van der Waals surface area (Å²) >= 11 is 13.6. The molecule has 0 spiro atoms. The number of nitrogens with zero attached hydrogens (tertiary/aromatic N) is 3. The van der Waals surface area contributed by atoms with Gasteiger partial charge >= 0.3 is 0 Å². The normalized spacial score (nSPS) is 16.8. The van der Waals surface area contributed by atoms with E-state index in [-0.39, 0.29) is 0 Å². The molecule has 1 aromatic carbocycles. The summed E-state index contributed by atoms with van der Waals surface area (Å²) in [5.74, 6) is 0. The Hall–Kier alpha value is -0.850. The number of anilines is 1. The van der Waals surface area contributed by atoms with Crippen LogP contribution in [-0.4, -0.2) is 47.5 Å². The van der Waals surface area contributed by atoms with Gasteiger partial charge in [0.1, 0.15) is 0 Å². The highest BCUT2D eigenvalue weighted by Crippen LogP contribution is 2.23. The van der Waals surface area contributed by atoms with Gasteiger partial charge in [-0.25, -0.2) is 4.98 Å². The van der Waals surface area contributed by atoms with Crippen LogP contribution in [0.1, 0.15) is 10.4 Å². The smallest absolute Gasteiger partial charge is 0.180 e. The maximum absolute atomic E-state index is 6.07. The Morgan fingerprint density at radius 3 is 2.48 bits per heavy atom. The van der Waals surface area contributed by atoms with E-state index in [0.717, 1.165) is 45.7 Å². The van der Waals surface area contributed by atoms with Crippen LogP contribution in [0.5, 0.6) is 0 Å². The highest BCUT2D eigenvalue weighted by Gasteiger charge is 2.17. The summed E-state index contributed by atoms with van der Waals surface area (Å²) in [6.07, 6.45) is 2.89. The molecule has 0 radical (unpaired) electrons. The molecule has 2 heterocycles. The Morgan fingerprint density at radius 1 is 1.09 bits per heavy atom. The lowest BCUT2D eigenvalue weighted by Crippen LogP contribution is -2.46. The van der Waals surface area contributed by atoms with Crippen molar-refractivity contribution in [2.45, 2.75) is 13.0 Å². The van der Waals surface area contributed by atoms with Crippen molar-refractivity contribution in [1.29, 1.82) is 0 Å². The van der Waals surface area contributed by atoms with Crippen molar-refractivity contribution >= 4 is 39.7 Å². The van der Waals surface area contributed by atoms with Crippen molar-refractivity contribution in [1.82, 2.24) is 14.8 Å². The van der Waals surface area contributed by atoms with Gasteiger partial charge in [-0.3, -0.25) is 4.90 Å². The second-order valence-corrected chi connectivity index (χ2v) is 7.74. The topological polar surface area (TPSA) is 45.4 Å². The van der Waals surface area contributed by atoms with Crippen LogP contribution in [-0.2, 0) is 13.0 Å². The van der Waals surface area contributed by atoms with Crippen molar-refractivity contribution in [3.8, 4) is 0 Å². The van der Waals surface area contributed by atoms with E-state index in [1.54, 1.807) is 11.3 Å². The van der Waals surface area contributed by atoms with Gasteiger partial charge in [-0.1, -0.05) is 29.3 Å². The number of benzene rings is 1. The quantitative estimate of drug-likeness (QED) is 0.875. The molecule has 4 nitrogen and oxygen atoms in total. The molecule has 1 saturated heterocycles. The first kappa shape index (κ1) is 17.0. The van der Waals surface area contributed by atoms with Crippen molar-refractivity contribution in [2.24, 2.45) is 0 Å². The van der Waals surface area contributed by atoms with Gasteiger partial charge < -0.3 is 10.6 Å². The van der Waals surface area contributed by atoms with Gasteiger partial charge in [-0.2, -0.15) is 0 Å². The third kappa shape index (κ3) is 4.81. The third-order valence-corrected chi connectivity index (χ3v) is 5.67. The number of rotatable bonds is 5. The van der Waals surface area contributed by atoms with Gasteiger partial charge in [0, 0.05) is 50.3 Å². The molecule has 0 atom stereocenters. The zero-order valence-electron chi connectivity index (χ0n) is 12.8. The van der Waals surface area contributed by atoms with Gasteiger partial charge in [0.05, 0.1) is 10.0 Å². The fraction of sp³-hybridized carbons (Fsp3) is 0.438. The van der Waals surface area contributed by atoms with Crippen LogP contribution in [0.2, 0.25) is 10.0 Å². The first-order valence-electron chi connectivity index (χ1n) is 7.69. The molecule has 0 unspecified atom stereocenters. The highest BCUT2D eigenvalue weighted by molar-refractivity contribution is 7.15. The molecule has 2 aromatic rings. The van der Waals surface area contributed by atoms with E-state index >= 15 is 0 Å². The molecule has 0 aliphatic carbocycles. The van der Waals surface area contributed by atoms with Crippen LogP contribution in [0.15, 0.2) is 24.4 Å². The zero-order chi connectivity index (χ0) is 16.2. The standard InChI is InChI=1S/C16H20Cl2N4S/c17-14-2-1-12(9-15(14)18)3-4-21-5-7-22(8-6-21)11-13-10-20-16(19)23-13/h1-2,9-10H,3-8,11H2,(H2,19,20). The summed E-state index contributed by atoms with van der Waals surface area (Å²) in [5, 5.41) is 1.91. The van der Waals surface area contributed by atoms with Gasteiger partial charge in [0.2, 0.25) is 0 Å². The second kappa shape index (κ2) is 7.81. The average Bonchev–Trinajstić information content (AvgIpc) is 2.95. The number of hydrogen-bond donors (Lipinski definition) is 1.